The van der Waals surface area contributed by atoms with Crippen LogP contribution < -0.4 is 29.6 Å². The Balaban J connectivity index is 0. The molecule has 0 aromatic heterocycles. The van der Waals surface area contributed by atoms with E-state index in [2.05, 4.69) is 13.8 Å². The van der Waals surface area contributed by atoms with Crippen LogP contribution in [0, 0.1) is 0 Å². The van der Waals surface area contributed by atoms with Crippen LogP contribution in [0.1, 0.15) is 149 Å². The molecule has 1 unspecified atom stereocenters. The van der Waals surface area contributed by atoms with E-state index in [4.69, 9.17) is 4.18 Å². The summed E-state index contributed by atoms with van der Waals surface area (Å²) >= 11 is 0. The fraction of sp³-hybridized carbons (Fsp3) is 1.00. The molecule has 0 radical (unpaired) electrons. The van der Waals surface area contributed by atoms with Crippen LogP contribution in [-0.2, 0) is 14.6 Å². The van der Waals surface area contributed by atoms with Gasteiger partial charge < -0.3 is 4.55 Å². The second-order valence-corrected chi connectivity index (χ2v) is 9.72. The summed E-state index contributed by atoms with van der Waals surface area (Å²) in [4.78, 5) is 0. The van der Waals surface area contributed by atoms with Gasteiger partial charge in [0.15, 0.2) is 0 Å². The molecule has 0 aromatic carbocycles. The standard InChI is InChI=1S/C24H50O4S.Na/c1-3-5-7-9-11-13-15-17-19-21-23-24(28-29(25,26)27)22-20-18-16-14-12-10-8-6-4-2;/h24H,3-23H2,1-2H3,(H,25,26,27);/q;+1/p-1. The van der Waals surface area contributed by atoms with Gasteiger partial charge in [0, 0.05) is 0 Å². The van der Waals surface area contributed by atoms with Crippen LogP contribution in [0.15, 0.2) is 0 Å². The molecule has 4 nitrogen and oxygen atoms in total. The molecule has 0 aromatic rings. The Labute approximate surface area is 210 Å². The van der Waals surface area contributed by atoms with Gasteiger partial charge in [0.05, 0.1) is 6.10 Å². The molecule has 30 heavy (non-hydrogen) atoms. The molecule has 0 saturated carbocycles. The SMILES string of the molecule is CCCCCCCCCCCCC(CCCCCCCCCCC)OS(=O)(=O)[O-].[Na+]. The second-order valence-electron chi connectivity index (χ2n) is 8.71. The molecule has 1 atom stereocenters. The first-order valence-corrected chi connectivity index (χ1v) is 14.0. The summed E-state index contributed by atoms with van der Waals surface area (Å²) in [5, 5.41) is 0. The van der Waals surface area contributed by atoms with Gasteiger partial charge in [-0.1, -0.05) is 136 Å². The van der Waals surface area contributed by atoms with Crippen molar-refractivity contribution in [1.82, 2.24) is 0 Å². The van der Waals surface area contributed by atoms with Crippen LogP contribution in [0.3, 0.4) is 0 Å². The first-order chi connectivity index (χ1) is 14.0. The molecule has 0 amide bonds. The van der Waals surface area contributed by atoms with E-state index in [0.717, 1.165) is 25.7 Å². The maximum atomic E-state index is 11.0. The van der Waals surface area contributed by atoms with Crippen molar-refractivity contribution in [2.45, 2.75) is 155 Å². The molecule has 0 aliphatic carbocycles. The first kappa shape index (κ1) is 33.0. The van der Waals surface area contributed by atoms with E-state index in [1.807, 2.05) is 0 Å². The quantitative estimate of drug-likeness (QED) is 0.0932. The third kappa shape index (κ3) is 26.9. The van der Waals surface area contributed by atoms with Crippen molar-refractivity contribution < 1.29 is 46.7 Å². The van der Waals surface area contributed by atoms with Crippen molar-refractivity contribution in [2.75, 3.05) is 0 Å². The smallest absolute Gasteiger partial charge is 0.726 e. The average molecular weight is 457 g/mol. The van der Waals surface area contributed by atoms with E-state index in [9.17, 15) is 13.0 Å². The van der Waals surface area contributed by atoms with Crippen LogP contribution in [0.5, 0.6) is 0 Å². The Morgan fingerprint density at radius 3 is 1.10 bits per heavy atom. The van der Waals surface area contributed by atoms with Crippen LogP contribution in [0.4, 0.5) is 0 Å². The molecule has 0 fully saturated rings. The molecule has 0 rings (SSSR count). The van der Waals surface area contributed by atoms with Crippen molar-refractivity contribution in [2.24, 2.45) is 0 Å². The number of unbranched alkanes of at least 4 members (excludes halogenated alkanes) is 17. The zero-order valence-electron chi connectivity index (χ0n) is 20.5. The number of hydrogen-bond acceptors (Lipinski definition) is 4. The van der Waals surface area contributed by atoms with Crippen molar-refractivity contribution in [3.63, 3.8) is 0 Å². The van der Waals surface area contributed by atoms with Crippen molar-refractivity contribution >= 4 is 10.4 Å². The van der Waals surface area contributed by atoms with Crippen LogP contribution >= 0.6 is 0 Å². The first-order valence-electron chi connectivity index (χ1n) is 12.6. The maximum absolute atomic E-state index is 11.0. The van der Waals surface area contributed by atoms with Crippen molar-refractivity contribution in [1.29, 1.82) is 0 Å². The summed E-state index contributed by atoms with van der Waals surface area (Å²) in [6.07, 6.45) is 24.5. The minimum absolute atomic E-state index is 0. The van der Waals surface area contributed by atoms with E-state index in [1.54, 1.807) is 0 Å². The van der Waals surface area contributed by atoms with Crippen LogP contribution in [0.2, 0.25) is 0 Å². The molecule has 6 heteroatoms. The second kappa shape index (κ2) is 24.5. The average Bonchev–Trinajstić information content (AvgIpc) is 2.66. The number of hydrogen-bond donors (Lipinski definition) is 0. The van der Waals surface area contributed by atoms with Gasteiger partial charge in [-0.05, 0) is 12.8 Å². The van der Waals surface area contributed by atoms with E-state index >= 15 is 0 Å². The van der Waals surface area contributed by atoms with Crippen LogP contribution in [0.25, 0.3) is 0 Å². The van der Waals surface area contributed by atoms with Crippen molar-refractivity contribution in [3.05, 3.63) is 0 Å². The predicted octanol–water partition coefficient (Wildman–Crippen LogP) is 5.07. The zero-order chi connectivity index (χ0) is 21.6. The summed E-state index contributed by atoms with van der Waals surface area (Å²) in [5.74, 6) is 0. The Bertz CT molecular complexity index is 429. The largest absolute Gasteiger partial charge is 1.00 e. The van der Waals surface area contributed by atoms with Gasteiger partial charge in [-0.15, -0.1) is 0 Å². The predicted molar refractivity (Wildman–Crippen MR) is 123 cm³/mol. The maximum Gasteiger partial charge on any atom is 1.00 e. The van der Waals surface area contributed by atoms with E-state index in [0.29, 0.717) is 12.8 Å². The molecule has 0 spiro atoms. The molecule has 0 aliphatic heterocycles. The molecule has 0 saturated heterocycles. The number of rotatable bonds is 23. The van der Waals surface area contributed by atoms with Gasteiger partial charge in [-0.2, -0.15) is 0 Å². The Morgan fingerprint density at radius 2 is 0.833 bits per heavy atom. The van der Waals surface area contributed by atoms with Gasteiger partial charge in [0.25, 0.3) is 0 Å². The zero-order valence-corrected chi connectivity index (χ0v) is 23.3. The Morgan fingerprint density at radius 1 is 0.567 bits per heavy atom. The minimum atomic E-state index is -4.60. The van der Waals surface area contributed by atoms with E-state index < -0.39 is 16.5 Å². The third-order valence-electron chi connectivity index (χ3n) is 5.76. The molecule has 176 valence electrons. The monoisotopic (exact) mass is 456 g/mol. The molecular formula is C24H49NaO4S. The minimum Gasteiger partial charge on any atom is -0.726 e. The summed E-state index contributed by atoms with van der Waals surface area (Å²) in [6.45, 7) is 4.47. The summed E-state index contributed by atoms with van der Waals surface area (Å²) in [6, 6.07) is 0. The van der Waals surface area contributed by atoms with Gasteiger partial charge in [0.2, 0.25) is 10.4 Å². The summed E-state index contributed by atoms with van der Waals surface area (Å²) in [7, 11) is -4.60. The fourth-order valence-corrected chi connectivity index (χ4v) is 4.48. The molecule has 0 bridgehead atoms. The summed E-state index contributed by atoms with van der Waals surface area (Å²) in [5.41, 5.74) is 0. The molecule has 0 N–H and O–H groups in total. The Hall–Kier alpha value is 0.870. The van der Waals surface area contributed by atoms with Gasteiger partial charge in [-0.25, -0.2) is 8.42 Å². The van der Waals surface area contributed by atoms with Crippen molar-refractivity contribution in [3.8, 4) is 0 Å². The normalized spacial score (nSPS) is 12.6. The topological polar surface area (TPSA) is 66.4 Å². The van der Waals surface area contributed by atoms with Gasteiger partial charge in [0.1, 0.15) is 0 Å². The molecule has 0 aliphatic rings. The fourth-order valence-electron chi connectivity index (χ4n) is 3.95. The molecular weight excluding hydrogens is 407 g/mol. The van der Waals surface area contributed by atoms with Gasteiger partial charge in [-0.3, -0.25) is 4.18 Å². The Kier molecular flexibility index (Phi) is 27.0. The molecule has 0 heterocycles. The van der Waals surface area contributed by atoms with Crippen LogP contribution in [-0.4, -0.2) is 19.1 Å². The van der Waals surface area contributed by atoms with E-state index in [-0.39, 0.29) is 29.6 Å². The summed E-state index contributed by atoms with van der Waals surface area (Å²) < 4.78 is 37.8. The van der Waals surface area contributed by atoms with Gasteiger partial charge >= 0.3 is 29.6 Å². The third-order valence-corrected chi connectivity index (χ3v) is 6.27. The van der Waals surface area contributed by atoms with E-state index in [1.165, 1.54) is 96.3 Å².